The van der Waals surface area contributed by atoms with Gasteiger partial charge in [0.1, 0.15) is 12.5 Å². The fraction of sp³-hybridized carbons (Fsp3) is 0.348. The van der Waals surface area contributed by atoms with E-state index in [-0.39, 0.29) is 17.6 Å². The second-order valence-corrected chi connectivity index (χ2v) is 15.6. The molecule has 0 amide bonds. The molecule has 0 fully saturated rings. The normalized spacial score (nSPS) is 12.1. The number of ether oxygens (including phenoxy) is 1. The van der Waals surface area contributed by atoms with Crippen molar-refractivity contribution in [3.05, 3.63) is 51.1 Å². The van der Waals surface area contributed by atoms with Crippen molar-refractivity contribution >= 4 is 59.0 Å². The molecule has 7 nitrogen and oxygen atoms in total. The van der Waals surface area contributed by atoms with E-state index in [0.717, 1.165) is 11.4 Å². The fourth-order valence-corrected chi connectivity index (χ4v) is 4.87. The summed E-state index contributed by atoms with van der Waals surface area (Å²) < 4.78 is 9.09. The highest BCUT2D eigenvalue weighted by atomic mass is 35.5. The minimum Gasteiger partial charge on any atom is -0.373 e. The zero-order chi connectivity index (χ0) is 23.9. The third-order valence-electron chi connectivity index (χ3n) is 5.62. The van der Waals surface area contributed by atoms with Crippen molar-refractivity contribution in [2.75, 3.05) is 19.0 Å². The highest BCUT2D eigenvalue weighted by Crippen LogP contribution is 2.37. The molecule has 1 aromatic carbocycles. The monoisotopic (exact) mass is 503 g/mol. The lowest BCUT2D eigenvalue weighted by Gasteiger charge is -2.15. The van der Waals surface area contributed by atoms with Gasteiger partial charge in [-0.15, -0.1) is 0 Å². The molecule has 0 atom stereocenters. The quantitative estimate of drug-likeness (QED) is 0.201. The Balaban J connectivity index is 1.86. The van der Waals surface area contributed by atoms with Gasteiger partial charge in [-0.2, -0.15) is 0 Å². The van der Waals surface area contributed by atoms with E-state index in [4.69, 9.17) is 27.9 Å². The molecule has 33 heavy (non-hydrogen) atoms. The van der Waals surface area contributed by atoms with Crippen molar-refractivity contribution in [1.82, 2.24) is 19.1 Å². The van der Waals surface area contributed by atoms with Crippen LogP contribution in [-0.2, 0) is 18.5 Å². The third-order valence-corrected chi connectivity index (χ3v) is 8.04. The standard InChI is InChI=1S/C23H27Cl2N5O2Si/c1-26-17-9-7-14-6-8-15(19(24)20(14)27-17)16-12-30(13-32-10-11-33(3,4)5)21-18(16)22(31)29(2)23(25)28-21/h6-9,12H,10-11,13H2,1-5H3,(H,26,27). The Morgan fingerprint density at radius 3 is 2.52 bits per heavy atom. The van der Waals surface area contributed by atoms with Crippen molar-refractivity contribution in [1.29, 1.82) is 0 Å². The summed E-state index contributed by atoms with van der Waals surface area (Å²) in [4.78, 5) is 22.3. The number of rotatable bonds is 7. The van der Waals surface area contributed by atoms with Crippen molar-refractivity contribution in [3.8, 4) is 11.1 Å². The summed E-state index contributed by atoms with van der Waals surface area (Å²) in [7, 11) is 2.19. The molecule has 0 saturated heterocycles. The number of nitrogens with zero attached hydrogens (tertiary/aromatic N) is 4. The first-order chi connectivity index (χ1) is 15.6. The van der Waals surface area contributed by atoms with Gasteiger partial charge in [0.2, 0.25) is 5.28 Å². The minimum atomic E-state index is -1.22. The van der Waals surface area contributed by atoms with Gasteiger partial charge < -0.3 is 14.6 Å². The van der Waals surface area contributed by atoms with Crippen molar-refractivity contribution in [2.24, 2.45) is 7.05 Å². The third kappa shape index (κ3) is 4.66. The van der Waals surface area contributed by atoms with Crippen LogP contribution in [0.25, 0.3) is 33.1 Å². The Labute approximate surface area is 203 Å². The molecule has 1 N–H and O–H groups in total. The maximum absolute atomic E-state index is 13.2. The number of fused-ring (bicyclic) bond motifs is 2. The highest BCUT2D eigenvalue weighted by Gasteiger charge is 2.21. The summed E-state index contributed by atoms with van der Waals surface area (Å²) in [6, 6.07) is 8.75. The Morgan fingerprint density at radius 1 is 1.09 bits per heavy atom. The average molecular weight is 504 g/mol. The second kappa shape index (κ2) is 9.10. The predicted molar refractivity (Wildman–Crippen MR) is 139 cm³/mol. The summed E-state index contributed by atoms with van der Waals surface area (Å²) in [6.45, 7) is 7.83. The van der Waals surface area contributed by atoms with Crippen LogP contribution in [0.15, 0.2) is 35.3 Å². The number of benzene rings is 1. The van der Waals surface area contributed by atoms with Crippen molar-refractivity contribution in [3.63, 3.8) is 0 Å². The van der Waals surface area contributed by atoms with Crippen LogP contribution in [0, 0.1) is 0 Å². The van der Waals surface area contributed by atoms with Crippen LogP contribution < -0.4 is 10.9 Å². The molecule has 0 aliphatic rings. The molecule has 0 unspecified atom stereocenters. The first-order valence-electron chi connectivity index (χ1n) is 10.7. The molecule has 0 aliphatic carbocycles. The number of halogens is 2. The van der Waals surface area contributed by atoms with Crippen LogP contribution >= 0.6 is 23.2 Å². The van der Waals surface area contributed by atoms with E-state index >= 15 is 0 Å². The molecule has 3 heterocycles. The summed E-state index contributed by atoms with van der Waals surface area (Å²) in [5, 5.41) is 4.98. The zero-order valence-corrected chi connectivity index (χ0v) is 21.9. The number of nitrogens with one attached hydrogen (secondary N) is 1. The first kappa shape index (κ1) is 23.8. The van der Waals surface area contributed by atoms with E-state index in [1.807, 2.05) is 35.0 Å². The Hall–Kier alpha value is -2.39. The summed E-state index contributed by atoms with van der Waals surface area (Å²) in [5.41, 5.74) is 2.27. The van der Waals surface area contributed by atoms with Gasteiger partial charge in [0.15, 0.2) is 5.65 Å². The van der Waals surface area contributed by atoms with E-state index in [1.165, 1.54) is 4.57 Å². The Morgan fingerprint density at radius 2 is 1.82 bits per heavy atom. The molecule has 0 saturated carbocycles. The molecule has 0 aliphatic heterocycles. The number of hydrogen-bond acceptors (Lipinski definition) is 5. The zero-order valence-electron chi connectivity index (χ0n) is 19.4. The van der Waals surface area contributed by atoms with Gasteiger partial charge in [0.05, 0.1) is 15.9 Å². The molecule has 10 heteroatoms. The SMILES string of the molecule is CNc1ccc2ccc(-c3cn(COCC[Si](C)(C)C)c4nc(Cl)n(C)c(=O)c34)c(Cl)c2n1. The number of anilines is 1. The molecule has 0 bridgehead atoms. The molecular weight excluding hydrogens is 477 g/mol. The molecule has 3 aromatic heterocycles. The lowest BCUT2D eigenvalue weighted by Crippen LogP contribution is -2.22. The average Bonchev–Trinajstić information content (AvgIpc) is 3.12. The van der Waals surface area contributed by atoms with E-state index in [1.54, 1.807) is 14.1 Å². The van der Waals surface area contributed by atoms with Gasteiger partial charge >= 0.3 is 0 Å². The van der Waals surface area contributed by atoms with E-state index < -0.39 is 8.07 Å². The smallest absolute Gasteiger partial charge is 0.264 e. The summed E-state index contributed by atoms with van der Waals surface area (Å²) in [6.07, 6.45) is 1.86. The maximum Gasteiger partial charge on any atom is 0.264 e. The van der Waals surface area contributed by atoms with Gasteiger partial charge in [-0.1, -0.05) is 43.4 Å². The molecule has 4 rings (SSSR count). The van der Waals surface area contributed by atoms with Gasteiger partial charge in [-0.25, -0.2) is 9.97 Å². The number of aromatic nitrogens is 4. The van der Waals surface area contributed by atoms with Crippen LogP contribution in [0.2, 0.25) is 36.0 Å². The van der Waals surface area contributed by atoms with E-state index in [0.29, 0.717) is 45.1 Å². The van der Waals surface area contributed by atoms with Crippen molar-refractivity contribution < 1.29 is 4.74 Å². The minimum absolute atomic E-state index is 0.116. The Bertz CT molecular complexity index is 1410. The van der Waals surface area contributed by atoms with Crippen LogP contribution in [0.5, 0.6) is 0 Å². The maximum atomic E-state index is 13.2. The molecule has 0 radical (unpaired) electrons. The van der Waals surface area contributed by atoms with Crippen LogP contribution in [0.1, 0.15) is 0 Å². The van der Waals surface area contributed by atoms with Crippen molar-refractivity contribution in [2.45, 2.75) is 32.4 Å². The molecular formula is C23H27Cl2N5O2Si. The molecule has 174 valence electrons. The van der Waals surface area contributed by atoms with Crippen LogP contribution in [-0.4, -0.2) is 40.8 Å². The van der Waals surface area contributed by atoms with Crippen LogP contribution in [0.4, 0.5) is 5.82 Å². The van der Waals surface area contributed by atoms with Gasteiger partial charge in [-0.3, -0.25) is 9.36 Å². The van der Waals surface area contributed by atoms with Gasteiger partial charge in [0, 0.05) is 51.5 Å². The summed E-state index contributed by atoms with van der Waals surface area (Å²) in [5.74, 6) is 0.712. The van der Waals surface area contributed by atoms with E-state index in [2.05, 4.69) is 34.9 Å². The number of hydrogen-bond donors (Lipinski definition) is 1. The second-order valence-electron chi connectivity index (χ2n) is 9.25. The van der Waals surface area contributed by atoms with Gasteiger partial charge in [0.25, 0.3) is 5.56 Å². The fourth-order valence-electron chi connectivity index (χ4n) is 3.64. The number of pyridine rings is 1. The highest BCUT2D eigenvalue weighted by molar-refractivity contribution is 6.76. The largest absolute Gasteiger partial charge is 0.373 e. The van der Waals surface area contributed by atoms with Crippen LogP contribution in [0.3, 0.4) is 0 Å². The first-order valence-corrected chi connectivity index (χ1v) is 15.2. The Kier molecular flexibility index (Phi) is 6.55. The van der Waals surface area contributed by atoms with Gasteiger partial charge in [-0.05, 0) is 29.8 Å². The molecule has 4 aromatic rings. The molecule has 0 spiro atoms. The topological polar surface area (TPSA) is 74.0 Å². The predicted octanol–water partition coefficient (Wildman–Crippen LogP) is 5.61. The van der Waals surface area contributed by atoms with E-state index in [9.17, 15) is 4.79 Å². The summed E-state index contributed by atoms with van der Waals surface area (Å²) >= 11 is 13.1. The lowest BCUT2D eigenvalue weighted by molar-refractivity contribution is 0.0899. The lowest BCUT2D eigenvalue weighted by atomic mass is 10.0.